The van der Waals surface area contributed by atoms with Gasteiger partial charge in [0.1, 0.15) is 23.9 Å². The van der Waals surface area contributed by atoms with E-state index in [4.69, 9.17) is 4.42 Å². The van der Waals surface area contributed by atoms with E-state index in [-0.39, 0.29) is 12.5 Å². The molecule has 7 nitrogen and oxygen atoms in total. The maximum atomic E-state index is 12.7. The minimum absolute atomic E-state index is 0.337. The Morgan fingerprint density at radius 1 is 1.15 bits per heavy atom. The van der Waals surface area contributed by atoms with E-state index in [0.29, 0.717) is 18.6 Å². The van der Waals surface area contributed by atoms with Crippen molar-refractivity contribution in [3.05, 3.63) is 60.1 Å². The van der Waals surface area contributed by atoms with Crippen LogP contribution in [-0.4, -0.2) is 34.8 Å². The lowest BCUT2D eigenvalue weighted by Crippen LogP contribution is -2.46. The first-order chi connectivity index (χ1) is 13.0. The molecular formula is C20H23N3O4. The molecule has 2 heterocycles. The Kier molecular flexibility index (Phi) is 5.30. The Morgan fingerprint density at radius 2 is 1.85 bits per heavy atom. The molecule has 1 fully saturated rings. The van der Waals surface area contributed by atoms with Gasteiger partial charge in [0.25, 0.3) is 5.91 Å². The zero-order valence-electron chi connectivity index (χ0n) is 15.4. The molecule has 1 aromatic heterocycles. The predicted octanol–water partition coefficient (Wildman–Crippen LogP) is 2.60. The van der Waals surface area contributed by atoms with Gasteiger partial charge in [-0.1, -0.05) is 44.2 Å². The molecule has 0 spiro atoms. The minimum atomic E-state index is -0.919. The average Bonchev–Trinajstić information content (AvgIpc) is 3.30. The van der Waals surface area contributed by atoms with E-state index in [9.17, 15) is 14.4 Å². The fraction of sp³-hybridized carbons (Fsp3) is 0.350. The molecule has 3 rings (SSSR count). The lowest BCUT2D eigenvalue weighted by atomic mass is 9.93. The van der Waals surface area contributed by atoms with Crippen LogP contribution in [0.15, 0.2) is 53.1 Å². The van der Waals surface area contributed by atoms with Gasteiger partial charge >= 0.3 is 6.03 Å². The van der Waals surface area contributed by atoms with Crippen molar-refractivity contribution in [2.45, 2.75) is 38.3 Å². The van der Waals surface area contributed by atoms with Gasteiger partial charge in [-0.2, -0.15) is 0 Å². The number of rotatable bonds is 7. The first-order valence-corrected chi connectivity index (χ1v) is 9.02. The van der Waals surface area contributed by atoms with Crippen molar-refractivity contribution < 1.29 is 18.8 Å². The molecule has 0 radical (unpaired) electrons. The summed E-state index contributed by atoms with van der Waals surface area (Å²) >= 11 is 0. The van der Waals surface area contributed by atoms with Crippen molar-refractivity contribution in [3.8, 4) is 0 Å². The van der Waals surface area contributed by atoms with Crippen LogP contribution in [0.25, 0.3) is 0 Å². The van der Waals surface area contributed by atoms with Crippen LogP contribution in [0.4, 0.5) is 4.79 Å². The molecule has 4 amide bonds. The van der Waals surface area contributed by atoms with Crippen molar-refractivity contribution in [1.29, 1.82) is 0 Å². The topological polar surface area (TPSA) is 91.7 Å². The van der Waals surface area contributed by atoms with Crippen LogP contribution in [0.1, 0.15) is 44.1 Å². The van der Waals surface area contributed by atoms with Crippen LogP contribution in [0.2, 0.25) is 0 Å². The monoisotopic (exact) mass is 369 g/mol. The van der Waals surface area contributed by atoms with E-state index in [0.717, 1.165) is 10.5 Å². The van der Waals surface area contributed by atoms with Gasteiger partial charge in [-0.15, -0.1) is 0 Å². The van der Waals surface area contributed by atoms with Crippen LogP contribution in [0.3, 0.4) is 0 Å². The summed E-state index contributed by atoms with van der Waals surface area (Å²) in [5.74, 6) is -0.225. The molecule has 1 aromatic carbocycles. The van der Waals surface area contributed by atoms with Gasteiger partial charge in [-0.05, 0) is 30.5 Å². The van der Waals surface area contributed by atoms with Crippen LogP contribution in [0, 0.1) is 0 Å². The normalized spacial score (nSPS) is 16.9. The standard InChI is InChI=1S/C20H23N3O4/c1-3-20(4-2)18(25)23(19(26)22-20)13-16(24)21-17(15-11-8-12-27-15)14-9-6-5-7-10-14/h5-12,17H,3-4,13H2,1-2H3,(H,21,24)(H,22,26). The van der Waals surface area contributed by atoms with E-state index in [1.165, 1.54) is 6.26 Å². The summed E-state index contributed by atoms with van der Waals surface area (Å²) in [5.41, 5.74) is -0.0773. The summed E-state index contributed by atoms with van der Waals surface area (Å²) in [4.78, 5) is 38.5. The number of urea groups is 1. The highest BCUT2D eigenvalue weighted by molar-refractivity contribution is 6.09. The number of nitrogens with zero attached hydrogens (tertiary/aromatic N) is 1. The SMILES string of the molecule is CCC1(CC)NC(=O)N(CC(=O)NC(c2ccccc2)c2ccco2)C1=O. The smallest absolute Gasteiger partial charge is 0.325 e. The van der Waals surface area contributed by atoms with Crippen molar-refractivity contribution in [3.63, 3.8) is 0 Å². The Balaban J connectivity index is 1.76. The van der Waals surface area contributed by atoms with Crippen molar-refractivity contribution in [1.82, 2.24) is 15.5 Å². The molecule has 2 aromatic rings. The zero-order chi connectivity index (χ0) is 19.4. The number of furan rings is 1. The zero-order valence-corrected chi connectivity index (χ0v) is 15.4. The third-order valence-electron chi connectivity index (χ3n) is 5.02. The van der Waals surface area contributed by atoms with E-state index >= 15 is 0 Å². The molecule has 0 aliphatic carbocycles. The highest BCUT2D eigenvalue weighted by atomic mass is 16.3. The number of carbonyl (C=O) groups excluding carboxylic acids is 3. The molecular weight excluding hydrogens is 346 g/mol. The van der Waals surface area contributed by atoms with E-state index in [1.807, 2.05) is 44.2 Å². The first-order valence-electron chi connectivity index (χ1n) is 9.02. The van der Waals surface area contributed by atoms with Crippen molar-refractivity contribution in [2.24, 2.45) is 0 Å². The maximum Gasteiger partial charge on any atom is 0.325 e. The summed E-state index contributed by atoms with van der Waals surface area (Å²) < 4.78 is 5.46. The second-order valence-corrected chi connectivity index (χ2v) is 6.54. The molecule has 1 unspecified atom stereocenters. The summed E-state index contributed by atoms with van der Waals surface area (Å²) in [6.07, 6.45) is 2.49. The summed E-state index contributed by atoms with van der Waals surface area (Å²) in [5, 5.41) is 5.58. The second kappa shape index (κ2) is 7.65. The molecule has 0 saturated carbocycles. The largest absolute Gasteiger partial charge is 0.467 e. The van der Waals surface area contributed by atoms with Gasteiger partial charge < -0.3 is 15.1 Å². The highest BCUT2D eigenvalue weighted by Gasteiger charge is 2.49. The van der Waals surface area contributed by atoms with Crippen molar-refractivity contribution in [2.75, 3.05) is 6.54 Å². The van der Waals surface area contributed by atoms with E-state index in [2.05, 4.69) is 10.6 Å². The Bertz CT molecular complexity index is 813. The quantitative estimate of drug-likeness (QED) is 0.734. The number of benzene rings is 1. The third-order valence-corrected chi connectivity index (χ3v) is 5.02. The fourth-order valence-corrected chi connectivity index (χ4v) is 3.32. The molecule has 0 bridgehead atoms. The number of hydrogen-bond donors (Lipinski definition) is 2. The summed E-state index contributed by atoms with van der Waals surface area (Å²) in [6, 6.07) is 11.8. The fourth-order valence-electron chi connectivity index (χ4n) is 3.32. The molecule has 7 heteroatoms. The molecule has 27 heavy (non-hydrogen) atoms. The van der Waals surface area contributed by atoms with Crippen molar-refractivity contribution >= 4 is 17.8 Å². The Hall–Kier alpha value is -3.09. The Labute approximate surface area is 157 Å². The number of imide groups is 1. The molecule has 1 saturated heterocycles. The average molecular weight is 369 g/mol. The van der Waals surface area contributed by atoms with Gasteiger partial charge in [0.15, 0.2) is 0 Å². The lowest BCUT2D eigenvalue weighted by Gasteiger charge is -2.23. The van der Waals surface area contributed by atoms with Gasteiger partial charge in [-0.3, -0.25) is 14.5 Å². The summed E-state index contributed by atoms with van der Waals surface area (Å²) in [7, 11) is 0. The molecule has 1 atom stereocenters. The lowest BCUT2D eigenvalue weighted by molar-refractivity contribution is -0.135. The second-order valence-electron chi connectivity index (χ2n) is 6.54. The first kappa shape index (κ1) is 18.7. The van der Waals surface area contributed by atoms with Crippen LogP contribution in [0.5, 0.6) is 0 Å². The Morgan fingerprint density at radius 3 is 2.41 bits per heavy atom. The predicted molar refractivity (Wildman–Crippen MR) is 98.7 cm³/mol. The third kappa shape index (κ3) is 3.58. The maximum absolute atomic E-state index is 12.7. The van der Waals surface area contributed by atoms with Gasteiger partial charge in [0.2, 0.25) is 5.91 Å². The number of carbonyl (C=O) groups is 3. The molecule has 2 N–H and O–H groups in total. The van der Waals surface area contributed by atoms with Gasteiger partial charge in [-0.25, -0.2) is 4.79 Å². The molecule has 1 aliphatic rings. The molecule has 142 valence electrons. The highest BCUT2D eigenvalue weighted by Crippen LogP contribution is 2.25. The van der Waals surface area contributed by atoms with E-state index < -0.39 is 23.5 Å². The molecule has 1 aliphatic heterocycles. The number of nitrogens with one attached hydrogen (secondary N) is 2. The summed E-state index contributed by atoms with van der Waals surface area (Å²) in [6.45, 7) is 3.34. The van der Waals surface area contributed by atoms with Crippen LogP contribution >= 0.6 is 0 Å². The van der Waals surface area contributed by atoms with Crippen LogP contribution < -0.4 is 10.6 Å². The minimum Gasteiger partial charge on any atom is -0.467 e. The van der Waals surface area contributed by atoms with Gasteiger partial charge in [0.05, 0.1) is 6.26 Å². The van der Waals surface area contributed by atoms with Crippen LogP contribution in [-0.2, 0) is 9.59 Å². The number of amides is 4. The van der Waals surface area contributed by atoms with Gasteiger partial charge in [0, 0.05) is 0 Å². The number of hydrogen-bond acceptors (Lipinski definition) is 4. The van der Waals surface area contributed by atoms with E-state index in [1.54, 1.807) is 12.1 Å².